The number of furan rings is 1. The van der Waals surface area contributed by atoms with Crippen LogP contribution in [0.15, 0.2) is 64.1 Å². The summed E-state index contributed by atoms with van der Waals surface area (Å²) < 4.78 is 51.3. The standard InChI is InChI=1S/C30H38N2O8S/c1-19(2)15-32(41(35,36)22-9-10-27-24(14-22)20(3)17-38-27)16-26(33)25(13-21-7-5-4-6-8-21)31-30(34)40-28-18-39-29-23(28)11-12-37-29/h4-10,14,17,19,23,25-26,28-29,33H,11-13,15-16,18H2,1-3H3,(H,31,34)/t23-,25-,26+,28-,29+/m0/s1. The summed E-state index contributed by atoms with van der Waals surface area (Å²) in [5.74, 6) is -0.0352. The minimum absolute atomic E-state index is 0.00851. The van der Waals surface area contributed by atoms with Crippen molar-refractivity contribution in [1.82, 2.24) is 9.62 Å². The zero-order valence-electron chi connectivity index (χ0n) is 23.6. The molecule has 5 rings (SSSR count). The maximum atomic E-state index is 13.9. The quantitative estimate of drug-likeness (QED) is 0.347. The van der Waals surface area contributed by atoms with E-state index >= 15 is 0 Å². The summed E-state index contributed by atoms with van der Waals surface area (Å²) in [6, 6.07) is 13.4. The molecule has 0 aliphatic carbocycles. The second kappa shape index (κ2) is 12.5. The molecule has 5 atom stereocenters. The lowest BCUT2D eigenvalue weighted by molar-refractivity contribution is -0.0907. The Labute approximate surface area is 240 Å². The van der Waals surface area contributed by atoms with Crippen molar-refractivity contribution in [2.75, 3.05) is 26.3 Å². The van der Waals surface area contributed by atoms with Gasteiger partial charge in [-0.05, 0) is 55.0 Å². The number of hydrogen-bond donors (Lipinski definition) is 2. The lowest BCUT2D eigenvalue weighted by atomic mass is 10.0. The number of aliphatic hydroxyl groups is 1. The molecular weight excluding hydrogens is 548 g/mol. The predicted molar refractivity (Wildman–Crippen MR) is 152 cm³/mol. The van der Waals surface area contributed by atoms with Crippen molar-refractivity contribution in [2.24, 2.45) is 11.8 Å². The molecule has 2 fully saturated rings. The number of sulfonamides is 1. The SMILES string of the molecule is Cc1coc2ccc(S(=O)(=O)N(CC(C)C)C[C@@H](O)[C@H](Cc3ccccc3)NC(=O)O[C@H]3CO[C@H]4OCC[C@H]43)cc12. The van der Waals surface area contributed by atoms with Crippen LogP contribution in [0.25, 0.3) is 11.0 Å². The van der Waals surface area contributed by atoms with Crippen LogP contribution in [-0.2, 0) is 30.7 Å². The molecule has 3 aromatic rings. The van der Waals surface area contributed by atoms with Gasteiger partial charge in [0.05, 0.1) is 42.4 Å². The molecule has 10 nitrogen and oxygen atoms in total. The first kappa shape index (κ1) is 29.5. The van der Waals surface area contributed by atoms with Gasteiger partial charge in [-0.15, -0.1) is 0 Å². The fraction of sp³-hybridized carbons (Fsp3) is 0.500. The Kier molecular flexibility index (Phi) is 9.00. The van der Waals surface area contributed by atoms with Crippen molar-refractivity contribution >= 4 is 27.1 Å². The molecule has 2 saturated heterocycles. The van der Waals surface area contributed by atoms with Crippen LogP contribution in [-0.4, -0.2) is 74.8 Å². The number of fused-ring (bicyclic) bond motifs is 2. The van der Waals surface area contributed by atoms with Crippen molar-refractivity contribution in [3.05, 3.63) is 65.9 Å². The van der Waals surface area contributed by atoms with Crippen molar-refractivity contribution in [1.29, 1.82) is 0 Å². The number of rotatable bonds is 11. The highest BCUT2D eigenvalue weighted by atomic mass is 32.2. The van der Waals surface area contributed by atoms with Crippen LogP contribution in [0.5, 0.6) is 0 Å². The van der Waals surface area contributed by atoms with Crippen LogP contribution < -0.4 is 5.32 Å². The van der Waals surface area contributed by atoms with Crippen molar-refractivity contribution in [3.63, 3.8) is 0 Å². The van der Waals surface area contributed by atoms with Gasteiger partial charge in [0.15, 0.2) is 6.29 Å². The summed E-state index contributed by atoms with van der Waals surface area (Å²) in [7, 11) is -3.98. The minimum atomic E-state index is -3.98. The van der Waals surface area contributed by atoms with E-state index in [4.69, 9.17) is 18.6 Å². The third-order valence-electron chi connectivity index (χ3n) is 7.65. The summed E-state index contributed by atoms with van der Waals surface area (Å²) in [5, 5.41) is 15.0. The van der Waals surface area contributed by atoms with E-state index in [2.05, 4.69) is 5.32 Å². The number of carbonyl (C=O) groups is 1. The molecule has 222 valence electrons. The van der Waals surface area contributed by atoms with Crippen LogP contribution >= 0.6 is 0 Å². The molecule has 1 aromatic heterocycles. The Hall–Kier alpha value is -2.96. The maximum Gasteiger partial charge on any atom is 0.407 e. The molecule has 11 heteroatoms. The molecule has 2 aromatic carbocycles. The molecule has 3 heterocycles. The molecular formula is C30H38N2O8S. The summed E-state index contributed by atoms with van der Waals surface area (Å²) in [6.07, 6.45) is -0.112. The number of aliphatic hydroxyl groups excluding tert-OH is 1. The van der Waals surface area contributed by atoms with E-state index in [0.29, 0.717) is 17.6 Å². The molecule has 2 N–H and O–H groups in total. The lowest BCUT2D eigenvalue weighted by Gasteiger charge is -2.31. The van der Waals surface area contributed by atoms with Crippen molar-refractivity contribution in [2.45, 2.75) is 63.0 Å². The summed E-state index contributed by atoms with van der Waals surface area (Å²) in [4.78, 5) is 13.1. The largest absolute Gasteiger partial charge is 0.464 e. The fourth-order valence-corrected chi connectivity index (χ4v) is 7.13. The summed E-state index contributed by atoms with van der Waals surface area (Å²) >= 11 is 0. The first-order valence-corrected chi connectivity index (χ1v) is 15.5. The number of benzene rings is 2. The molecule has 41 heavy (non-hydrogen) atoms. The maximum absolute atomic E-state index is 13.9. The average Bonchev–Trinajstić information content (AvgIpc) is 3.66. The monoisotopic (exact) mass is 586 g/mol. The number of amides is 1. The third kappa shape index (κ3) is 6.76. The zero-order chi connectivity index (χ0) is 29.1. The van der Waals surface area contributed by atoms with Gasteiger partial charge in [-0.1, -0.05) is 44.2 Å². The van der Waals surface area contributed by atoms with E-state index in [0.717, 1.165) is 17.5 Å². The Morgan fingerprint density at radius 1 is 1.15 bits per heavy atom. The van der Waals surface area contributed by atoms with Crippen LogP contribution in [0.3, 0.4) is 0 Å². The number of alkyl carbamates (subject to hydrolysis) is 1. The number of aryl methyl sites for hydroxylation is 1. The second-order valence-electron chi connectivity index (χ2n) is 11.3. The van der Waals surface area contributed by atoms with E-state index in [1.165, 1.54) is 10.4 Å². The van der Waals surface area contributed by atoms with E-state index in [1.807, 2.05) is 51.1 Å². The van der Waals surface area contributed by atoms with E-state index in [9.17, 15) is 18.3 Å². The van der Waals surface area contributed by atoms with Crippen LogP contribution in [0.1, 0.15) is 31.4 Å². The summed E-state index contributed by atoms with van der Waals surface area (Å²) in [6.45, 7) is 6.46. The average molecular weight is 587 g/mol. The smallest absolute Gasteiger partial charge is 0.407 e. The number of carbonyl (C=O) groups excluding carboxylic acids is 1. The molecule has 0 saturated carbocycles. The Bertz CT molecular complexity index is 1440. The van der Waals surface area contributed by atoms with Gasteiger partial charge in [-0.25, -0.2) is 13.2 Å². The normalized spacial score (nSPS) is 22.2. The van der Waals surface area contributed by atoms with Crippen molar-refractivity contribution in [3.8, 4) is 0 Å². The number of ether oxygens (including phenoxy) is 3. The van der Waals surface area contributed by atoms with Gasteiger partial charge in [-0.3, -0.25) is 0 Å². The van der Waals surface area contributed by atoms with Gasteiger partial charge >= 0.3 is 6.09 Å². The molecule has 2 aliphatic rings. The molecule has 1 amide bonds. The van der Waals surface area contributed by atoms with Crippen molar-refractivity contribution < 1.29 is 36.9 Å². The van der Waals surface area contributed by atoms with Gasteiger partial charge in [0.25, 0.3) is 0 Å². The molecule has 0 radical (unpaired) electrons. The predicted octanol–water partition coefficient (Wildman–Crippen LogP) is 3.85. The summed E-state index contributed by atoms with van der Waals surface area (Å²) in [5.41, 5.74) is 2.32. The van der Waals surface area contributed by atoms with Gasteiger partial charge in [0.2, 0.25) is 10.0 Å². The first-order chi connectivity index (χ1) is 19.6. The topological polar surface area (TPSA) is 128 Å². The molecule has 0 bridgehead atoms. The number of nitrogens with one attached hydrogen (secondary N) is 1. The lowest BCUT2D eigenvalue weighted by Crippen LogP contribution is -2.51. The Morgan fingerprint density at radius 3 is 2.68 bits per heavy atom. The second-order valence-corrected chi connectivity index (χ2v) is 13.2. The molecule has 0 unspecified atom stereocenters. The van der Waals surface area contributed by atoms with Gasteiger partial charge in [0, 0.05) is 18.5 Å². The fourth-order valence-electron chi connectivity index (χ4n) is 5.48. The third-order valence-corrected chi connectivity index (χ3v) is 9.47. The molecule has 0 spiro atoms. The van der Waals surface area contributed by atoms with Crippen LogP contribution in [0.2, 0.25) is 0 Å². The highest BCUT2D eigenvalue weighted by molar-refractivity contribution is 7.89. The van der Waals surface area contributed by atoms with Crippen LogP contribution in [0, 0.1) is 18.8 Å². The van der Waals surface area contributed by atoms with E-state index in [-0.39, 0.29) is 49.1 Å². The van der Waals surface area contributed by atoms with E-state index in [1.54, 1.807) is 18.4 Å². The molecule has 2 aliphatic heterocycles. The number of hydrogen-bond acceptors (Lipinski definition) is 8. The number of nitrogens with zero attached hydrogens (tertiary/aromatic N) is 1. The zero-order valence-corrected chi connectivity index (χ0v) is 24.4. The van der Waals surface area contributed by atoms with Gasteiger partial charge in [-0.2, -0.15) is 4.31 Å². The Morgan fingerprint density at radius 2 is 1.93 bits per heavy atom. The minimum Gasteiger partial charge on any atom is -0.464 e. The highest BCUT2D eigenvalue weighted by Crippen LogP contribution is 2.33. The highest BCUT2D eigenvalue weighted by Gasteiger charge is 2.44. The van der Waals surface area contributed by atoms with Gasteiger partial charge < -0.3 is 29.1 Å². The first-order valence-electron chi connectivity index (χ1n) is 14.0. The van der Waals surface area contributed by atoms with E-state index < -0.39 is 34.4 Å². The van der Waals surface area contributed by atoms with Crippen LogP contribution in [0.4, 0.5) is 4.79 Å². The van der Waals surface area contributed by atoms with Gasteiger partial charge in [0.1, 0.15) is 11.7 Å². The Balaban J connectivity index is 1.35.